The lowest BCUT2D eigenvalue weighted by Crippen LogP contribution is -2.30. The summed E-state index contributed by atoms with van der Waals surface area (Å²) in [5, 5.41) is 5.57. The Morgan fingerprint density at radius 2 is 2.06 bits per heavy atom. The minimum atomic E-state index is -0.782. The van der Waals surface area contributed by atoms with E-state index in [0.29, 0.717) is 12.1 Å². The molecule has 2 aromatic rings. The maximum atomic E-state index is 13.8. The summed E-state index contributed by atoms with van der Waals surface area (Å²) in [4.78, 5) is 26.5. The van der Waals surface area contributed by atoms with Gasteiger partial charge < -0.3 is 25.4 Å². The number of aromatic nitrogens is 1. The number of amides is 3. The Morgan fingerprint density at radius 1 is 1.28 bits per heavy atom. The molecule has 174 valence electrons. The van der Waals surface area contributed by atoms with Gasteiger partial charge in [0.1, 0.15) is 17.2 Å². The van der Waals surface area contributed by atoms with Gasteiger partial charge in [-0.25, -0.2) is 9.18 Å². The highest BCUT2D eigenvalue weighted by atomic mass is 32.1. The van der Waals surface area contributed by atoms with E-state index in [9.17, 15) is 14.0 Å². The van der Waals surface area contributed by atoms with Crippen LogP contribution in [0.3, 0.4) is 0 Å². The molecule has 0 bridgehead atoms. The zero-order valence-corrected chi connectivity index (χ0v) is 18.8. The van der Waals surface area contributed by atoms with Crippen molar-refractivity contribution in [3.05, 3.63) is 35.1 Å². The molecule has 0 saturated carbocycles. The summed E-state index contributed by atoms with van der Waals surface area (Å²) in [6.45, 7) is 3.85. The molecule has 11 heteroatoms. The Morgan fingerprint density at radius 3 is 2.75 bits per heavy atom. The summed E-state index contributed by atoms with van der Waals surface area (Å²) < 4.78 is 28.3. The molecule has 0 radical (unpaired) electrons. The van der Waals surface area contributed by atoms with Crippen LogP contribution in [-0.4, -0.2) is 54.5 Å². The van der Waals surface area contributed by atoms with Crippen molar-refractivity contribution in [1.29, 1.82) is 0 Å². The lowest BCUT2D eigenvalue weighted by atomic mass is 10.2. The lowest BCUT2D eigenvalue weighted by Gasteiger charge is -2.14. The molecule has 4 N–H and O–H groups in total. The standard InChI is InChI=1S/C21H28FN5O4S/c1-30-16-7-6-14(12-15(16)22)13-31-19-17(18(23)28)20(32-26-19)25-21(29)24-8-2-3-9-27-10-4-5-11-27/h6-7,12H,2-5,8-11,13H2,1H3,(H2,23,28)(H2,24,25,29). The monoisotopic (exact) mass is 465 g/mol. The molecule has 3 rings (SSSR count). The number of anilines is 1. The molecule has 0 aliphatic carbocycles. The minimum Gasteiger partial charge on any atom is -0.494 e. The van der Waals surface area contributed by atoms with E-state index < -0.39 is 17.8 Å². The Labute approximate surface area is 190 Å². The molecular weight excluding hydrogens is 437 g/mol. The molecular formula is C21H28FN5O4S. The largest absolute Gasteiger partial charge is 0.494 e. The second-order valence-electron chi connectivity index (χ2n) is 7.45. The Kier molecular flexibility index (Phi) is 8.63. The quantitative estimate of drug-likeness (QED) is 0.439. The fourth-order valence-corrected chi connectivity index (χ4v) is 4.18. The number of primary amides is 1. The van der Waals surface area contributed by atoms with E-state index in [1.54, 1.807) is 6.07 Å². The highest BCUT2D eigenvalue weighted by Gasteiger charge is 2.22. The van der Waals surface area contributed by atoms with Crippen LogP contribution in [0.2, 0.25) is 0 Å². The molecule has 32 heavy (non-hydrogen) atoms. The molecule has 1 saturated heterocycles. The number of unbranched alkanes of at least 4 members (excludes halogenated alkanes) is 1. The van der Waals surface area contributed by atoms with Gasteiger partial charge in [-0.2, -0.15) is 4.37 Å². The average molecular weight is 466 g/mol. The predicted octanol–water partition coefficient (Wildman–Crippen LogP) is 2.97. The first-order valence-electron chi connectivity index (χ1n) is 10.5. The maximum absolute atomic E-state index is 13.8. The average Bonchev–Trinajstić information content (AvgIpc) is 3.42. The van der Waals surface area contributed by atoms with E-state index in [4.69, 9.17) is 15.2 Å². The van der Waals surface area contributed by atoms with Crippen LogP contribution in [0.5, 0.6) is 11.6 Å². The number of hydrogen-bond donors (Lipinski definition) is 3. The second-order valence-corrected chi connectivity index (χ2v) is 8.22. The summed E-state index contributed by atoms with van der Waals surface area (Å²) in [5.41, 5.74) is 5.96. The number of urea groups is 1. The molecule has 3 amide bonds. The fraction of sp³-hybridized carbons (Fsp3) is 0.476. The molecule has 2 heterocycles. The Balaban J connectivity index is 1.49. The first-order valence-corrected chi connectivity index (χ1v) is 11.3. The number of nitrogens with zero attached hydrogens (tertiary/aromatic N) is 2. The van der Waals surface area contributed by atoms with Gasteiger partial charge in [-0.05, 0) is 74.5 Å². The third-order valence-corrected chi connectivity index (χ3v) is 5.86. The van der Waals surface area contributed by atoms with Gasteiger partial charge in [0.2, 0.25) is 5.88 Å². The summed E-state index contributed by atoms with van der Waals surface area (Å²) in [7, 11) is 1.38. The van der Waals surface area contributed by atoms with Crippen molar-refractivity contribution in [3.63, 3.8) is 0 Å². The SMILES string of the molecule is COc1ccc(COc2nsc(NC(=O)NCCCCN3CCCC3)c2C(N)=O)cc1F. The minimum absolute atomic E-state index is 0.0142. The molecule has 0 spiro atoms. The van der Waals surface area contributed by atoms with E-state index >= 15 is 0 Å². The van der Waals surface area contributed by atoms with Crippen LogP contribution in [-0.2, 0) is 6.61 Å². The predicted molar refractivity (Wildman–Crippen MR) is 120 cm³/mol. The summed E-state index contributed by atoms with van der Waals surface area (Å²) in [6.07, 6.45) is 4.40. The van der Waals surface area contributed by atoms with E-state index in [1.807, 2.05) is 0 Å². The second kappa shape index (κ2) is 11.6. The van der Waals surface area contributed by atoms with Crippen molar-refractivity contribution in [2.75, 3.05) is 38.6 Å². The van der Waals surface area contributed by atoms with Crippen LogP contribution in [0.15, 0.2) is 18.2 Å². The first-order chi connectivity index (χ1) is 15.5. The zero-order valence-electron chi connectivity index (χ0n) is 18.0. The molecule has 1 aromatic heterocycles. The van der Waals surface area contributed by atoms with Crippen LogP contribution in [0.4, 0.5) is 14.2 Å². The first kappa shape index (κ1) is 23.7. The van der Waals surface area contributed by atoms with E-state index in [-0.39, 0.29) is 28.8 Å². The van der Waals surface area contributed by atoms with Gasteiger partial charge in [-0.1, -0.05) is 6.07 Å². The van der Waals surface area contributed by atoms with Crippen molar-refractivity contribution in [1.82, 2.24) is 14.6 Å². The van der Waals surface area contributed by atoms with E-state index in [2.05, 4.69) is 19.9 Å². The van der Waals surface area contributed by atoms with Crippen molar-refractivity contribution in [3.8, 4) is 11.6 Å². The number of nitrogens with one attached hydrogen (secondary N) is 2. The number of halogens is 1. The van der Waals surface area contributed by atoms with Gasteiger partial charge in [0.25, 0.3) is 5.91 Å². The van der Waals surface area contributed by atoms with E-state index in [1.165, 1.54) is 32.1 Å². The third-order valence-electron chi connectivity index (χ3n) is 5.11. The number of rotatable bonds is 11. The molecule has 0 unspecified atom stereocenters. The maximum Gasteiger partial charge on any atom is 0.319 e. The molecule has 1 aliphatic heterocycles. The van der Waals surface area contributed by atoms with Gasteiger partial charge >= 0.3 is 6.03 Å². The van der Waals surface area contributed by atoms with Crippen LogP contribution in [0, 0.1) is 5.82 Å². The number of ether oxygens (including phenoxy) is 2. The van der Waals surface area contributed by atoms with Gasteiger partial charge in [0.15, 0.2) is 11.6 Å². The van der Waals surface area contributed by atoms with Gasteiger partial charge in [0, 0.05) is 6.54 Å². The highest BCUT2D eigenvalue weighted by molar-refractivity contribution is 7.11. The number of benzene rings is 1. The topological polar surface area (TPSA) is 119 Å². The lowest BCUT2D eigenvalue weighted by molar-refractivity contribution is 0.0996. The van der Waals surface area contributed by atoms with Crippen LogP contribution in [0.25, 0.3) is 0 Å². The molecule has 9 nitrogen and oxygen atoms in total. The number of carbonyl (C=O) groups excluding carboxylic acids is 2. The summed E-state index contributed by atoms with van der Waals surface area (Å²) in [5.74, 6) is -1.20. The molecule has 0 atom stereocenters. The summed E-state index contributed by atoms with van der Waals surface area (Å²) in [6, 6.07) is 3.94. The number of nitrogens with two attached hydrogens (primary N) is 1. The fourth-order valence-electron chi connectivity index (χ4n) is 3.44. The van der Waals surface area contributed by atoms with Crippen molar-refractivity contribution >= 4 is 28.5 Å². The van der Waals surface area contributed by atoms with Crippen LogP contribution in [0.1, 0.15) is 41.6 Å². The smallest absolute Gasteiger partial charge is 0.319 e. The number of likely N-dealkylation sites (tertiary alicyclic amines) is 1. The normalized spacial score (nSPS) is 13.7. The van der Waals surface area contributed by atoms with Crippen molar-refractivity contribution in [2.45, 2.75) is 32.3 Å². The Bertz CT molecular complexity index is 933. The van der Waals surface area contributed by atoms with Gasteiger partial charge in [-0.3, -0.25) is 10.1 Å². The van der Waals surface area contributed by atoms with Crippen molar-refractivity contribution < 1.29 is 23.5 Å². The number of carbonyl (C=O) groups is 2. The summed E-state index contributed by atoms with van der Waals surface area (Å²) >= 11 is 0.889. The van der Waals surface area contributed by atoms with Crippen LogP contribution < -0.4 is 25.8 Å². The molecule has 1 aromatic carbocycles. The zero-order chi connectivity index (χ0) is 22.9. The van der Waals surface area contributed by atoms with Crippen LogP contribution >= 0.6 is 11.5 Å². The third kappa shape index (κ3) is 6.54. The molecule has 1 aliphatic rings. The Hall–Kier alpha value is -2.92. The highest BCUT2D eigenvalue weighted by Crippen LogP contribution is 2.31. The van der Waals surface area contributed by atoms with Gasteiger partial charge in [0.05, 0.1) is 7.11 Å². The number of methoxy groups -OCH3 is 1. The molecule has 1 fully saturated rings. The van der Waals surface area contributed by atoms with Gasteiger partial charge in [-0.15, -0.1) is 0 Å². The number of hydrogen-bond acceptors (Lipinski definition) is 7. The van der Waals surface area contributed by atoms with Crippen molar-refractivity contribution in [2.24, 2.45) is 5.73 Å². The van der Waals surface area contributed by atoms with E-state index in [0.717, 1.165) is 44.0 Å².